The Labute approximate surface area is 89.7 Å². The standard InChI is InChI=1S/C10H10F3N3/c1-16-7-5-3-2-4-6(7)8(15-16)9(14)10(11,12)13/h2-5,9H,14H2,1H3. The zero-order valence-electron chi connectivity index (χ0n) is 8.49. The Morgan fingerprint density at radius 3 is 2.56 bits per heavy atom. The second-order valence-electron chi connectivity index (χ2n) is 3.55. The van der Waals surface area contributed by atoms with Crippen LogP contribution in [0.2, 0.25) is 0 Å². The quantitative estimate of drug-likeness (QED) is 0.814. The molecule has 0 saturated heterocycles. The smallest absolute Gasteiger partial charge is 0.315 e. The van der Waals surface area contributed by atoms with Crippen LogP contribution in [0, 0.1) is 0 Å². The van der Waals surface area contributed by atoms with E-state index >= 15 is 0 Å². The summed E-state index contributed by atoms with van der Waals surface area (Å²) in [7, 11) is 1.59. The number of aryl methyl sites for hydroxylation is 1. The first kappa shape index (κ1) is 10.9. The van der Waals surface area contributed by atoms with E-state index in [2.05, 4.69) is 5.10 Å². The van der Waals surface area contributed by atoms with Crippen molar-refractivity contribution >= 4 is 10.9 Å². The van der Waals surface area contributed by atoms with E-state index in [0.717, 1.165) is 0 Å². The number of alkyl halides is 3. The van der Waals surface area contributed by atoms with Crippen molar-refractivity contribution in [3.63, 3.8) is 0 Å². The van der Waals surface area contributed by atoms with E-state index in [9.17, 15) is 13.2 Å². The Balaban J connectivity index is 2.62. The van der Waals surface area contributed by atoms with Crippen molar-refractivity contribution in [2.45, 2.75) is 12.2 Å². The summed E-state index contributed by atoms with van der Waals surface area (Å²) in [6.45, 7) is 0. The fourth-order valence-electron chi connectivity index (χ4n) is 1.63. The number of aromatic nitrogens is 2. The lowest BCUT2D eigenvalue weighted by Gasteiger charge is -2.13. The molecule has 0 spiro atoms. The van der Waals surface area contributed by atoms with Gasteiger partial charge < -0.3 is 5.73 Å². The number of rotatable bonds is 1. The van der Waals surface area contributed by atoms with Crippen molar-refractivity contribution in [3.05, 3.63) is 30.0 Å². The van der Waals surface area contributed by atoms with Gasteiger partial charge in [-0.2, -0.15) is 18.3 Å². The van der Waals surface area contributed by atoms with E-state index in [0.29, 0.717) is 10.9 Å². The first-order chi connectivity index (χ1) is 7.41. The predicted octanol–water partition coefficient (Wildman–Crippen LogP) is 2.14. The van der Waals surface area contributed by atoms with Gasteiger partial charge in [0, 0.05) is 12.4 Å². The average Bonchev–Trinajstić information content (AvgIpc) is 2.55. The summed E-state index contributed by atoms with van der Waals surface area (Å²) in [5, 5.41) is 4.27. The molecule has 0 fully saturated rings. The van der Waals surface area contributed by atoms with Crippen molar-refractivity contribution in [3.8, 4) is 0 Å². The van der Waals surface area contributed by atoms with Gasteiger partial charge in [0.2, 0.25) is 0 Å². The summed E-state index contributed by atoms with van der Waals surface area (Å²) < 4.78 is 38.9. The number of nitrogens with zero attached hydrogens (tertiary/aromatic N) is 2. The van der Waals surface area contributed by atoms with Crippen LogP contribution in [-0.2, 0) is 7.05 Å². The molecule has 0 saturated carbocycles. The first-order valence-electron chi connectivity index (χ1n) is 4.65. The molecular formula is C10H10F3N3. The van der Waals surface area contributed by atoms with Crippen molar-refractivity contribution in [1.82, 2.24) is 9.78 Å². The molecule has 6 heteroatoms. The van der Waals surface area contributed by atoms with Gasteiger partial charge >= 0.3 is 6.18 Å². The van der Waals surface area contributed by atoms with E-state index in [1.807, 2.05) is 0 Å². The van der Waals surface area contributed by atoms with Crippen LogP contribution in [0.4, 0.5) is 13.2 Å². The van der Waals surface area contributed by atoms with Gasteiger partial charge in [-0.1, -0.05) is 18.2 Å². The minimum absolute atomic E-state index is 0.134. The van der Waals surface area contributed by atoms with Crippen LogP contribution < -0.4 is 5.73 Å². The average molecular weight is 229 g/mol. The highest BCUT2D eigenvalue weighted by Gasteiger charge is 2.40. The van der Waals surface area contributed by atoms with Gasteiger partial charge in [-0.15, -0.1) is 0 Å². The van der Waals surface area contributed by atoms with Gasteiger partial charge in [0.25, 0.3) is 0 Å². The molecule has 0 aliphatic carbocycles. The van der Waals surface area contributed by atoms with Crippen LogP contribution in [-0.4, -0.2) is 16.0 Å². The van der Waals surface area contributed by atoms with Crippen LogP contribution in [0.5, 0.6) is 0 Å². The number of halogens is 3. The molecule has 1 atom stereocenters. The van der Waals surface area contributed by atoms with Crippen molar-refractivity contribution < 1.29 is 13.2 Å². The maximum Gasteiger partial charge on any atom is 0.409 e. The summed E-state index contributed by atoms with van der Waals surface area (Å²) in [6, 6.07) is 4.65. The number of hydrogen-bond donors (Lipinski definition) is 1. The van der Waals surface area contributed by atoms with E-state index < -0.39 is 12.2 Å². The number of benzene rings is 1. The topological polar surface area (TPSA) is 43.8 Å². The third kappa shape index (κ3) is 1.65. The molecular weight excluding hydrogens is 219 g/mol. The molecule has 0 radical (unpaired) electrons. The van der Waals surface area contributed by atoms with Crippen LogP contribution in [0.15, 0.2) is 24.3 Å². The van der Waals surface area contributed by atoms with Crippen LogP contribution in [0.25, 0.3) is 10.9 Å². The monoisotopic (exact) mass is 229 g/mol. The minimum atomic E-state index is -4.48. The molecule has 1 unspecified atom stereocenters. The SMILES string of the molecule is Cn1nc(C(N)C(F)(F)F)c2ccccc21. The Kier molecular flexibility index (Phi) is 2.38. The molecule has 1 aromatic heterocycles. The highest BCUT2D eigenvalue weighted by Crippen LogP contribution is 2.33. The lowest BCUT2D eigenvalue weighted by Crippen LogP contribution is -2.29. The molecule has 0 bridgehead atoms. The van der Waals surface area contributed by atoms with Crippen molar-refractivity contribution in [2.75, 3.05) is 0 Å². The highest BCUT2D eigenvalue weighted by molar-refractivity contribution is 5.82. The molecule has 0 amide bonds. The first-order valence-corrected chi connectivity index (χ1v) is 4.65. The minimum Gasteiger partial charge on any atom is -0.315 e. The zero-order chi connectivity index (χ0) is 11.9. The number of nitrogens with two attached hydrogens (primary N) is 1. The Bertz CT molecular complexity index is 515. The van der Waals surface area contributed by atoms with E-state index in [4.69, 9.17) is 5.73 Å². The van der Waals surface area contributed by atoms with Crippen LogP contribution in [0.1, 0.15) is 11.7 Å². The Morgan fingerprint density at radius 1 is 1.31 bits per heavy atom. The maximum absolute atomic E-state index is 12.5. The molecule has 3 nitrogen and oxygen atoms in total. The second kappa shape index (κ2) is 3.48. The van der Waals surface area contributed by atoms with Crippen molar-refractivity contribution in [1.29, 1.82) is 0 Å². The van der Waals surface area contributed by atoms with Gasteiger partial charge in [0.1, 0.15) is 6.04 Å². The lowest BCUT2D eigenvalue weighted by molar-refractivity contribution is -0.149. The molecule has 86 valence electrons. The van der Waals surface area contributed by atoms with E-state index in [1.165, 1.54) is 4.68 Å². The fraction of sp³-hybridized carbons (Fsp3) is 0.300. The van der Waals surface area contributed by atoms with Gasteiger partial charge in [0.15, 0.2) is 0 Å². The van der Waals surface area contributed by atoms with Crippen LogP contribution in [0.3, 0.4) is 0 Å². The second-order valence-corrected chi connectivity index (χ2v) is 3.55. The highest BCUT2D eigenvalue weighted by atomic mass is 19.4. The number of para-hydroxylation sites is 1. The molecule has 0 aliphatic heterocycles. The molecule has 0 aliphatic rings. The normalized spacial score (nSPS) is 14.3. The molecule has 16 heavy (non-hydrogen) atoms. The van der Waals surface area contributed by atoms with Crippen molar-refractivity contribution in [2.24, 2.45) is 12.8 Å². The molecule has 1 aromatic carbocycles. The van der Waals surface area contributed by atoms with Gasteiger partial charge in [-0.25, -0.2) is 0 Å². The Morgan fingerprint density at radius 2 is 1.94 bits per heavy atom. The molecule has 2 rings (SSSR count). The van der Waals surface area contributed by atoms with Crippen LogP contribution >= 0.6 is 0 Å². The molecule has 1 heterocycles. The van der Waals surface area contributed by atoms with Gasteiger partial charge in [-0.3, -0.25) is 4.68 Å². The predicted molar refractivity (Wildman–Crippen MR) is 53.7 cm³/mol. The third-order valence-electron chi connectivity index (χ3n) is 2.43. The third-order valence-corrected chi connectivity index (χ3v) is 2.43. The summed E-state index contributed by atoms with van der Waals surface area (Å²) in [5.74, 6) is 0. The maximum atomic E-state index is 12.5. The largest absolute Gasteiger partial charge is 0.409 e. The number of hydrogen-bond acceptors (Lipinski definition) is 2. The lowest BCUT2D eigenvalue weighted by atomic mass is 10.1. The Hall–Kier alpha value is -1.56. The van der Waals surface area contributed by atoms with Gasteiger partial charge in [-0.05, 0) is 6.07 Å². The number of fused-ring (bicyclic) bond motifs is 1. The van der Waals surface area contributed by atoms with E-state index in [1.54, 1.807) is 31.3 Å². The van der Waals surface area contributed by atoms with E-state index in [-0.39, 0.29) is 5.69 Å². The summed E-state index contributed by atoms with van der Waals surface area (Å²) in [4.78, 5) is 0. The summed E-state index contributed by atoms with van der Waals surface area (Å²) in [5.41, 5.74) is 5.65. The fourth-order valence-corrected chi connectivity index (χ4v) is 1.63. The zero-order valence-corrected chi connectivity index (χ0v) is 8.49. The van der Waals surface area contributed by atoms with Gasteiger partial charge in [0.05, 0.1) is 11.2 Å². The molecule has 2 aromatic rings. The molecule has 2 N–H and O–H groups in total. The summed E-state index contributed by atoms with van der Waals surface area (Å²) >= 11 is 0. The summed E-state index contributed by atoms with van der Waals surface area (Å²) in [6.07, 6.45) is -4.48.